The SMILES string of the molecule is N=C(N)C(=CN)C(=O)O. The Kier molecular flexibility index (Phi) is 2.25. The van der Waals surface area contributed by atoms with Gasteiger partial charge in [-0.25, -0.2) is 4.79 Å². The summed E-state index contributed by atoms with van der Waals surface area (Å²) in [5.41, 5.74) is 9.23. The molecule has 0 aliphatic heterocycles. The lowest BCUT2D eigenvalue weighted by atomic mass is 10.3. The van der Waals surface area contributed by atoms with Gasteiger partial charge in [0.1, 0.15) is 11.4 Å². The van der Waals surface area contributed by atoms with E-state index in [1.807, 2.05) is 0 Å². The van der Waals surface area contributed by atoms with Gasteiger partial charge in [0.25, 0.3) is 0 Å². The molecule has 0 radical (unpaired) electrons. The van der Waals surface area contributed by atoms with E-state index in [9.17, 15) is 4.79 Å². The molecule has 0 aromatic carbocycles. The molecule has 0 heterocycles. The average molecular weight is 129 g/mol. The Hall–Kier alpha value is -1.52. The van der Waals surface area contributed by atoms with Crippen LogP contribution in [-0.2, 0) is 4.79 Å². The Bertz CT molecular complexity index is 157. The molecule has 6 N–H and O–H groups in total. The van der Waals surface area contributed by atoms with E-state index in [2.05, 4.69) is 0 Å². The predicted molar refractivity (Wildman–Crippen MR) is 31.8 cm³/mol. The highest BCUT2D eigenvalue weighted by molar-refractivity contribution is 6.16. The molecule has 0 bridgehead atoms. The second-order valence-corrected chi connectivity index (χ2v) is 1.30. The zero-order valence-corrected chi connectivity index (χ0v) is 4.59. The highest BCUT2D eigenvalue weighted by atomic mass is 16.4. The number of carbonyl (C=O) groups is 1. The molecule has 0 unspecified atom stereocenters. The fraction of sp³-hybridized carbons (Fsp3) is 0. The van der Waals surface area contributed by atoms with Crippen molar-refractivity contribution in [2.45, 2.75) is 0 Å². The van der Waals surface area contributed by atoms with Crippen LogP contribution in [0.2, 0.25) is 0 Å². The van der Waals surface area contributed by atoms with Gasteiger partial charge in [0, 0.05) is 6.20 Å². The summed E-state index contributed by atoms with van der Waals surface area (Å²) in [4.78, 5) is 10.0. The molecule has 0 spiro atoms. The zero-order valence-electron chi connectivity index (χ0n) is 4.59. The first-order chi connectivity index (χ1) is 4.09. The molecule has 0 aliphatic rings. The van der Waals surface area contributed by atoms with E-state index < -0.39 is 11.8 Å². The van der Waals surface area contributed by atoms with Crippen LogP contribution in [0.3, 0.4) is 0 Å². The van der Waals surface area contributed by atoms with Crippen molar-refractivity contribution in [3.8, 4) is 0 Å². The second-order valence-electron chi connectivity index (χ2n) is 1.30. The van der Waals surface area contributed by atoms with Gasteiger partial charge in [-0.05, 0) is 0 Å². The Morgan fingerprint density at radius 1 is 1.67 bits per heavy atom. The largest absolute Gasteiger partial charge is 0.478 e. The summed E-state index contributed by atoms with van der Waals surface area (Å²) in [5.74, 6) is -1.82. The molecule has 5 nitrogen and oxygen atoms in total. The number of carboxylic acids is 1. The van der Waals surface area contributed by atoms with Crippen LogP contribution in [0, 0.1) is 5.41 Å². The van der Waals surface area contributed by atoms with Crippen LogP contribution in [0.1, 0.15) is 0 Å². The third kappa shape index (κ3) is 1.81. The monoisotopic (exact) mass is 129 g/mol. The zero-order chi connectivity index (χ0) is 7.44. The summed E-state index contributed by atoms with van der Waals surface area (Å²) in [7, 11) is 0. The Balaban J connectivity index is 4.38. The van der Waals surface area contributed by atoms with Crippen molar-refractivity contribution in [1.82, 2.24) is 0 Å². The van der Waals surface area contributed by atoms with Crippen molar-refractivity contribution >= 4 is 11.8 Å². The van der Waals surface area contributed by atoms with Gasteiger partial charge in [0.15, 0.2) is 0 Å². The fourth-order valence-corrected chi connectivity index (χ4v) is 0.276. The van der Waals surface area contributed by atoms with Crippen molar-refractivity contribution in [3.05, 3.63) is 11.8 Å². The fourth-order valence-electron chi connectivity index (χ4n) is 0.276. The first-order valence-corrected chi connectivity index (χ1v) is 2.09. The van der Waals surface area contributed by atoms with E-state index in [0.717, 1.165) is 6.20 Å². The van der Waals surface area contributed by atoms with E-state index in [0.29, 0.717) is 0 Å². The number of hydrogen-bond donors (Lipinski definition) is 4. The number of hydrogen-bond acceptors (Lipinski definition) is 3. The number of nitrogens with one attached hydrogen (secondary N) is 1. The van der Waals surface area contributed by atoms with Crippen LogP contribution in [-0.4, -0.2) is 16.9 Å². The van der Waals surface area contributed by atoms with Crippen molar-refractivity contribution in [2.24, 2.45) is 11.5 Å². The molecular weight excluding hydrogens is 122 g/mol. The third-order valence-electron chi connectivity index (χ3n) is 0.687. The minimum absolute atomic E-state index is 0.380. The molecule has 50 valence electrons. The minimum atomic E-state index is -1.29. The van der Waals surface area contributed by atoms with Crippen molar-refractivity contribution < 1.29 is 9.90 Å². The Morgan fingerprint density at radius 2 is 2.11 bits per heavy atom. The molecule has 0 fully saturated rings. The van der Waals surface area contributed by atoms with Gasteiger partial charge in [-0.1, -0.05) is 0 Å². The number of aliphatic carboxylic acids is 1. The Morgan fingerprint density at radius 3 is 2.11 bits per heavy atom. The summed E-state index contributed by atoms with van der Waals surface area (Å²) >= 11 is 0. The molecular formula is C4H7N3O2. The molecule has 0 saturated carbocycles. The minimum Gasteiger partial charge on any atom is -0.478 e. The van der Waals surface area contributed by atoms with Crippen LogP contribution in [0.15, 0.2) is 11.8 Å². The van der Waals surface area contributed by atoms with Gasteiger partial charge in [0.05, 0.1) is 0 Å². The molecule has 0 atom stereocenters. The summed E-state index contributed by atoms with van der Waals surface area (Å²) < 4.78 is 0. The van der Waals surface area contributed by atoms with E-state index in [1.165, 1.54) is 0 Å². The average Bonchev–Trinajstić information content (AvgIpc) is 1.64. The lowest BCUT2D eigenvalue weighted by Gasteiger charge is -1.93. The summed E-state index contributed by atoms with van der Waals surface area (Å²) in [6.07, 6.45) is 0.782. The molecule has 5 heteroatoms. The highest BCUT2D eigenvalue weighted by Crippen LogP contribution is 1.87. The maximum absolute atomic E-state index is 10.0. The van der Waals surface area contributed by atoms with E-state index in [1.54, 1.807) is 0 Å². The lowest BCUT2D eigenvalue weighted by Crippen LogP contribution is -2.20. The molecule has 0 aromatic heterocycles. The van der Waals surface area contributed by atoms with Crippen molar-refractivity contribution in [2.75, 3.05) is 0 Å². The second kappa shape index (κ2) is 2.71. The van der Waals surface area contributed by atoms with E-state index >= 15 is 0 Å². The smallest absolute Gasteiger partial charge is 0.340 e. The molecule has 9 heavy (non-hydrogen) atoms. The van der Waals surface area contributed by atoms with Crippen molar-refractivity contribution in [1.29, 1.82) is 5.41 Å². The van der Waals surface area contributed by atoms with Gasteiger partial charge in [0.2, 0.25) is 0 Å². The summed E-state index contributed by atoms with van der Waals surface area (Å²) in [6, 6.07) is 0. The summed E-state index contributed by atoms with van der Waals surface area (Å²) in [5, 5.41) is 14.8. The van der Waals surface area contributed by atoms with E-state index in [-0.39, 0.29) is 5.57 Å². The number of amidine groups is 1. The first-order valence-electron chi connectivity index (χ1n) is 2.09. The van der Waals surface area contributed by atoms with Crippen LogP contribution >= 0.6 is 0 Å². The molecule has 0 aliphatic carbocycles. The van der Waals surface area contributed by atoms with Crippen LogP contribution in [0.25, 0.3) is 0 Å². The standard InChI is InChI=1S/C4H7N3O2/c5-1-2(3(6)7)4(8)9/h1H,5H2,(H3,6,7)(H,8,9). The highest BCUT2D eigenvalue weighted by Gasteiger charge is 2.07. The predicted octanol–water partition coefficient (Wildman–Crippen LogP) is -1.15. The van der Waals surface area contributed by atoms with Crippen LogP contribution in [0.4, 0.5) is 0 Å². The number of carboxylic acid groups (broad SMARTS) is 1. The van der Waals surface area contributed by atoms with Gasteiger partial charge < -0.3 is 16.6 Å². The van der Waals surface area contributed by atoms with Gasteiger partial charge in [-0.15, -0.1) is 0 Å². The lowest BCUT2D eigenvalue weighted by molar-refractivity contribution is -0.132. The normalized spacial score (nSPS) is 10.9. The number of rotatable bonds is 2. The maximum Gasteiger partial charge on any atom is 0.340 e. The van der Waals surface area contributed by atoms with Gasteiger partial charge in [-0.3, -0.25) is 5.41 Å². The Labute approximate surface area is 51.5 Å². The maximum atomic E-state index is 10.0. The summed E-state index contributed by atoms with van der Waals surface area (Å²) in [6.45, 7) is 0. The van der Waals surface area contributed by atoms with Crippen LogP contribution in [0.5, 0.6) is 0 Å². The molecule has 0 amide bonds. The molecule has 0 rings (SSSR count). The topological polar surface area (TPSA) is 113 Å². The van der Waals surface area contributed by atoms with Gasteiger partial charge in [-0.2, -0.15) is 0 Å². The number of nitrogens with two attached hydrogens (primary N) is 2. The molecule has 0 saturated heterocycles. The first kappa shape index (κ1) is 7.48. The van der Waals surface area contributed by atoms with Gasteiger partial charge >= 0.3 is 5.97 Å². The van der Waals surface area contributed by atoms with E-state index in [4.69, 9.17) is 22.0 Å². The van der Waals surface area contributed by atoms with Crippen molar-refractivity contribution in [3.63, 3.8) is 0 Å². The molecule has 0 aromatic rings. The quantitative estimate of drug-likeness (QED) is 0.214. The van der Waals surface area contributed by atoms with Crippen LogP contribution < -0.4 is 11.5 Å². The third-order valence-corrected chi connectivity index (χ3v) is 0.687.